The summed E-state index contributed by atoms with van der Waals surface area (Å²) < 4.78 is 0. The van der Waals surface area contributed by atoms with Crippen LogP contribution in [-0.4, -0.2) is 20.2 Å². The predicted octanol–water partition coefficient (Wildman–Crippen LogP) is 4.06. The number of aryl methyl sites for hydroxylation is 1. The molecule has 3 N–H and O–H groups in total. The van der Waals surface area contributed by atoms with Gasteiger partial charge in [-0.25, -0.2) is 9.97 Å². The fourth-order valence-electron chi connectivity index (χ4n) is 2.60. The molecule has 0 amide bonds. The molecule has 0 radical (unpaired) electrons. The van der Waals surface area contributed by atoms with E-state index in [9.17, 15) is 0 Å². The lowest BCUT2D eigenvalue weighted by atomic mass is 10.1. The Balaban J connectivity index is 1.82. The Morgan fingerprint density at radius 1 is 1.00 bits per heavy atom. The van der Waals surface area contributed by atoms with Crippen molar-refractivity contribution < 1.29 is 0 Å². The number of anilines is 1. The number of nitrogens with one attached hydrogen (secondary N) is 1. The first-order valence-corrected chi connectivity index (χ1v) is 8.34. The lowest BCUT2D eigenvalue weighted by Crippen LogP contribution is -1.98. The Bertz CT molecular complexity index is 1010. The largest absolute Gasteiger partial charge is 0.383 e. The van der Waals surface area contributed by atoms with Crippen LogP contribution >= 0.6 is 11.8 Å². The van der Waals surface area contributed by atoms with Gasteiger partial charge in [-0.05, 0) is 43.0 Å². The average molecular weight is 333 g/mol. The summed E-state index contributed by atoms with van der Waals surface area (Å²) in [7, 11) is 0. The molecule has 5 nitrogen and oxygen atoms in total. The van der Waals surface area contributed by atoms with E-state index in [0.717, 1.165) is 32.7 Å². The standard InChI is InChI=1S/C18H15N5S/c1-11-10-15(23-22-11)13-8-5-9-14-16(13)17(19)21-18(20-14)24-12-6-3-2-4-7-12/h2-10H,1H3,(H,22,23)(H2,19,20,21). The van der Waals surface area contributed by atoms with Crippen LogP contribution in [0.3, 0.4) is 0 Å². The Labute approximate surface area is 143 Å². The van der Waals surface area contributed by atoms with Crippen LogP contribution in [0.4, 0.5) is 5.82 Å². The van der Waals surface area contributed by atoms with E-state index < -0.39 is 0 Å². The summed E-state index contributed by atoms with van der Waals surface area (Å²) in [6.07, 6.45) is 0. The summed E-state index contributed by atoms with van der Waals surface area (Å²) in [5.41, 5.74) is 9.85. The molecule has 0 atom stereocenters. The van der Waals surface area contributed by atoms with E-state index in [1.165, 1.54) is 11.8 Å². The van der Waals surface area contributed by atoms with Gasteiger partial charge in [-0.15, -0.1) is 0 Å². The van der Waals surface area contributed by atoms with E-state index in [-0.39, 0.29) is 0 Å². The highest BCUT2D eigenvalue weighted by Gasteiger charge is 2.13. The topological polar surface area (TPSA) is 80.5 Å². The van der Waals surface area contributed by atoms with Crippen molar-refractivity contribution in [2.24, 2.45) is 0 Å². The number of benzene rings is 2. The minimum atomic E-state index is 0.467. The third-order valence-electron chi connectivity index (χ3n) is 3.67. The van der Waals surface area contributed by atoms with Crippen molar-refractivity contribution in [2.75, 3.05) is 5.73 Å². The van der Waals surface area contributed by atoms with E-state index >= 15 is 0 Å². The number of hydrogen-bond acceptors (Lipinski definition) is 5. The minimum Gasteiger partial charge on any atom is -0.383 e. The second-order valence-corrected chi connectivity index (χ2v) is 6.48. The molecule has 0 aliphatic rings. The van der Waals surface area contributed by atoms with Crippen LogP contribution in [0.15, 0.2) is 64.6 Å². The fraction of sp³-hybridized carbons (Fsp3) is 0.0556. The Morgan fingerprint density at radius 3 is 2.58 bits per heavy atom. The van der Waals surface area contributed by atoms with E-state index in [2.05, 4.69) is 20.2 Å². The quantitative estimate of drug-likeness (QED) is 0.553. The molecule has 2 aromatic heterocycles. The summed E-state index contributed by atoms with van der Waals surface area (Å²) in [4.78, 5) is 10.2. The third kappa shape index (κ3) is 2.72. The van der Waals surface area contributed by atoms with Crippen LogP contribution < -0.4 is 5.73 Å². The van der Waals surface area contributed by atoms with E-state index in [1.807, 2.05) is 61.5 Å². The van der Waals surface area contributed by atoms with Crippen molar-refractivity contribution in [3.63, 3.8) is 0 Å². The van der Waals surface area contributed by atoms with Gasteiger partial charge in [0.2, 0.25) is 0 Å². The lowest BCUT2D eigenvalue weighted by molar-refractivity contribution is 1.01. The van der Waals surface area contributed by atoms with Crippen molar-refractivity contribution >= 4 is 28.5 Å². The maximum absolute atomic E-state index is 6.25. The van der Waals surface area contributed by atoms with Gasteiger partial charge < -0.3 is 5.73 Å². The molecular weight excluding hydrogens is 318 g/mol. The summed E-state index contributed by atoms with van der Waals surface area (Å²) in [6.45, 7) is 1.97. The molecule has 24 heavy (non-hydrogen) atoms. The van der Waals surface area contributed by atoms with Crippen LogP contribution in [0, 0.1) is 6.92 Å². The van der Waals surface area contributed by atoms with Gasteiger partial charge in [0, 0.05) is 16.2 Å². The molecule has 0 bridgehead atoms. The second kappa shape index (κ2) is 5.98. The van der Waals surface area contributed by atoms with Gasteiger partial charge in [0.1, 0.15) is 5.82 Å². The second-order valence-electron chi connectivity index (χ2n) is 5.44. The monoisotopic (exact) mass is 333 g/mol. The van der Waals surface area contributed by atoms with Crippen molar-refractivity contribution in [2.45, 2.75) is 17.0 Å². The van der Waals surface area contributed by atoms with Gasteiger partial charge in [-0.3, -0.25) is 5.10 Å². The first-order chi connectivity index (χ1) is 11.7. The van der Waals surface area contributed by atoms with Gasteiger partial charge in [-0.2, -0.15) is 5.10 Å². The first-order valence-electron chi connectivity index (χ1n) is 7.52. The van der Waals surface area contributed by atoms with Gasteiger partial charge in [0.25, 0.3) is 0 Å². The Kier molecular flexibility index (Phi) is 3.66. The summed E-state index contributed by atoms with van der Waals surface area (Å²) in [5, 5.41) is 8.76. The highest BCUT2D eigenvalue weighted by Crippen LogP contribution is 2.33. The number of hydrogen-bond donors (Lipinski definition) is 2. The molecule has 0 fully saturated rings. The van der Waals surface area contributed by atoms with Crippen LogP contribution in [-0.2, 0) is 0 Å². The molecule has 0 unspecified atom stereocenters. The maximum atomic E-state index is 6.25. The molecule has 0 aliphatic heterocycles. The Hall–Kier alpha value is -2.86. The van der Waals surface area contributed by atoms with E-state index in [4.69, 9.17) is 5.73 Å². The van der Waals surface area contributed by atoms with Crippen LogP contribution in [0.1, 0.15) is 5.69 Å². The first kappa shape index (κ1) is 14.7. The number of rotatable bonds is 3. The molecule has 4 rings (SSSR count). The van der Waals surface area contributed by atoms with Gasteiger partial charge in [0.15, 0.2) is 5.16 Å². The number of nitrogens with zero attached hydrogens (tertiary/aromatic N) is 3. The normalized spacial score (nSPS) is 11.0. The zero-order valence-electron chi connectivity index (χ0n) is 13.0. The molecule has 6 heteroatoms. The molecule has 0 spiro atoms. The average Bonchev–Trinajstić information content (AvgIpc) is 3.01. The predicted molar refractivity (Wildman–Crippen MR) is 96.8 cm³/mol. The number of H-pyrrole nitrogens is 1. The van der Waals surface area contributed by atoms with Crippen LogP contribution in [0.2, 0.25) is 0 Å². The van der Waals surface area contributed by atoms with Crippen molar-refractivity contribution in [3.8, 4) is 11.3 Å². The smallest absolute Gasteiger partial charge is 0.194 e. The Morgan fingerprint density at radius 2 is 1.83 bits per heavy atom. The number of nitrogens with two attached hydrogens (primary N) is 1. The van der Waals surface area contributed by atoms with Gasteiger partial charge >= 0.3 is 0 Å². The maximum Gasteiger partial charge on any atom is 0.194 e. The molecule has 0 aliphatic carbocycles. The molecular formula is C18H15N5S. The molecule has 4 aromatic rings. The fourth-order valence-corrected chi connectivity index (χ4v) is 3.39. The highest BCUT2D eigenvalue weighted by molar-refractivity contribution is 7.99. The zero-order chi connectivity index (χ0) is 16.5. The van der Waals surface area contributed by atoms with Gasteiger partial charge in [-0.1, -0.05) is 30.3 Å². The number of aromatic nitrogens is 4. The number of fused-ring (bicyclic) bond motifs is 1. The molecule has 2 aromatic carbocycles. The molecule has 2 heterocycles. The third-order valence-corrected chi connectivity index (χ3v) is 4.54. The summed E-state index contributed by atoms with van der Waals surface area (Å²) >= 11 is 1.50. The summed E-state index contributed by atoms with van der Waals surface area (Å²) in [6, 6.07) is 17.9. The number of aromatic amines is 1. The van der Waals surface area contributed by atoms with E-state index in [0.29, 0.717) is 11.0 Å². The minimum absolute atomic E-state index is 0.467. The molecule has 0 saturated carbocycles. The zero-order valence-corrected chi connectivity index (χ0v) is 13.8. The highest BCUT2D eigenvalue weighted by atomic mass is 32.2. The summed E-state index contributed by atoms with van der Waals surface area (Å²) in [5.74, 6) is 0.467. The van der Waals surface area contributed by atoms with Crippen LogP contribution in [0.5, 0.6) is 0 Å². The van der Waals surface area contributed by atoms with E-state index in [1.54, 1.807) is 0 Å². The van der Waals surface area contributed by atoms with Crippen molar-refractivity contribution in [3.05, 3.63) is 60.3 Å². The van der Waals surface area contributed by atoms with Gasteiger partial charge in [0.05, 0.1) is 16.6 Å². The van der Waals surface area contributed by atoms with Crippen molar-refractivity contribution in [1.29, 1.82) is 0 Å². The lowest BCUT2D eigenvalue weighted by Gasteiger charge is -2.08. The molecule has 118 valence electrons. The van der Waals surface area contributed by atoms with Crippen molar-refractivity contribution in [1.82, 2.24) is 20.2 Å². The number of nitrogen functional groups attached to an aromatic ring is 1. The SMILES string of the molecule is Cc1cc(-c2cccc3nc(Sc4ccccc4)nc(N)c23)n[nH]1. The molecule has 0 saturated heterocycles. The van der Waals surface area contributed by atoms with Crippen LogP contribution in [0.25, 0.3) is 22.2 Å².